The molecule has 1 rings (SSSR count). The van der Waals surface area contributed by atoms with Crippen molar-refractivity contribution in [2.75, 3.05) is 35.2 Å². The summed E-state index contributed by atoms with van der Waals surface area (Å²) in [6.45, 7) is 7.45. The molecule has 0 aliphatic rings. The van der Waals surface area contributed by atoms with Gasteiger partial charge in [-0.2, -0.15) is 4.98 Å². The normalized spacial score (nSPS) is 11.7. The third-order valence-electron chi connectivity index (χ3n) is 2.79. The summed E-state index contributed by atoms with van der Waals surface area (Å²) < 4.78 is 24.3. The van der Waals surface area contributed by atoms with E-state index in [0.717, 1.165) is 13.1 Å². The molecule has 104 valence electrons. The standard InChI is InChI=1S/C10H21N5O2S/c1-4-14(5-2)10-12-9(11)15(13-10)7-8-18(16,17)6-3/h4-8H2,1-3H3,(H2,11,12,13). The molecule has 0 aliphatic heterocycles. The van der Waals surface area contributed by atoms with Crippen molar-refractivity contribution in [2.45, 2.75) is 27.3 Å². The fourth-order valence-electron chi connectivity index (χ4n) is 1.52. The van der Waals surface area contributed by atoms with Gasteiger partial charge in [-0.15, -0.1) is 5.10 Å². The molecule has 0 aliphatic carbocycles. The Morgan fingerprint density at radius 2 is 1.89 bits per heavy atom. The molecule has 0 amide bonds. The van der Waals surface area contributed by atoms with E-state index in [1.165, 1.54) is 4.68 Å². The molecule has 1 aromatic rings. The summed E-state index contributed by atoms with van der Waals surface area (Å²) in [5.41, 5.74) is 5.73. The van der Waals surface area contributed by atoms with Crippen LogP contribution in [0.1, 0.15) is 20.8 Å². The lowest BCUT2D eigenvalue weighted by Gasteiger charge is -2.15. The van der Waals surface area contributed by atoms with Crippen LogP contribution in [0.25, 0.3) is 0 Å². The molecule has 0 saturated carbocycles. The van der Waals surface area contributed by atoms with Gasteiger partial charge < -0.3 is 10.6 Å². The molecule has 0 fully saturated rings. The average Bonchev–Trinajstić information content (AvgIpc) is 2.70. The van der Waals surface area contributed by atoms with Crippen LogP contribution in [0, 0.1) is 0 Å². The SMILES string of the molecule is CCN(CC)c1nc(N)n(CCS(=O)(=O)CC)n1. The Labute approximate surface area is 108 Å². The van der Waals surface area contributed by atoms with Crippen molar-refractivity contribution in [3.05, 3.63) is 0 Å². The second-order valence-corrected chi connectivity index (χ2v) is 6.37. The Morgan fingerprint density at radius 1 is 1.28 bits per heavy atom. The van der Waals surface area contributed by atoms with E-state index in [1.54, 1.807) is 6.92 Å². The molecule has 8 heteroatoms. The molecule has 0 bridgehead atoms. The number of sulfone groups is 1. The molecule has 0 spiro atoms. The van der Waals surface area contributed by atoms with Gasteiger partial charge in [0, 0.05) is 18.8 Å². The van der Waals surface area contributed by atoms with Gasteiger partial charge in [0.25, 0.3) is 0 Å². The van der Waals surface area contributed by atoms with Gasteiger partial charge in [-0.05, 0) is 13.8 Å². The number of nitrogens with zero attached hydrogens (tertiary/aromatic N) is 4. The second-order valence-electron chi connectivity index (χ2n) is 3.90. The van der Waals surface area contributed by atoms with Crippen molar-refractivity contribution in [2.24, 2.45) is 0 Å². The number of hydrogen-bond donors (Lipinski definition) is 1. The Bertz CT molecular complexity index is 478. The molecular formula is C10H21N5O2S. The number of anilines is 2. The van der Waals surface area contributed by atoms with Crippen molar-refractivity contribution in [3.63, 3.8) is 0 Å². The van der Waals surface area contributed by atoms with E-state index in [2.05, 4.69) is 10.1 Å². The number of rotatable bonds is 7. The van der Waals surface area contributed by atoms with Crippen LogP contribution >= 0.6 is 0 Å². The first-order valence-corrected chi connectivity index (χ1v) is 7.91. The molecule has 1 heterocycles. The molecule has 1 aromatic heterocycles. The minimum Gasteiger partial charge on any atom is -0.368 e. The molecule has 0 unspecified atom stereocenters. The average molecular weight is 275 g/mol. The topological polar surface area (TPSA) is 94.1 Å². The van der Waals surface area contributed by atoms with E-state index in [4.69, 9.17) is 5.73 Å². The largest absolute Gasteiger partial charge is 0.368 e. The van der Waals surface area contributed by atoms with Crippen LogP contribution in [-0.2, 0) is 16.4 Å². The van der Waals surface area contributed by atoms with Gasteiger partial charge in [-0.3, -0.25) is 0 Å². The quantitative estimate of drug-likeness (QED) is 0.760. The predicted molar refractivity (Wildman–Crippen MR) is 72.3 cm³/mol. The zero-order valence-corrected chi connectivity index (χ0v) is 11.9. The van der Waals surface area contributed by atoms with E-state index in [0.29, 0.717) is 5.95 Å². The highest BCUT2D eigenvalue weighted by atomic mass is 32.2. The maximum atomic E-state index is 11.4. The molecule has 0 saturated heterocycles. The van der Waals surface area contributed by atoms with Crippen LogP contribution in [0.2, 0.25) is 0 Å². The van der Waals surface area contributed by atoms with Crippen LogP contribution in [0.5, 0.6) is 0 Å². The monoisotopic (exact) mass is 275 g/mol. The van der Waals surface area contributed by atoms with Crippen molar-refractivity contribution < 1.29 is 8.42 Å². The molecule has 7 nitrogen and oxygen atoms in total. The Kier molecular flexibility index (Phi) is 4.94. The van der Waals surface area contributed by atoms with Crippen LogP contribution < -0.4 is 10.6 Å². The highest BCUT2D eigenvalue weighted by Crippen LogP contribution is 2.10. The highest BCUT2D eigenvalue weighted by Gasteiger charge is 2.14. The predicted octanol–water partition coefficient (Wildman–Crippen LogP) is 0.141. The van der Waals surface area contributed by atoms with Gasteiger partial charge in [-0.25, -0.2) is 13.1 Å². The van der Waals surface area contributed by atoms with Crippen LogP contribution in [0.15, 0.2) is 0 Å². The fraction of sp³-hybridized carbons (Fsp3) is 0.800. The number of aryl methyl sites for hydroxylation is 1. The van der Waals surface area contributed by atoms with E-state index in [1.807, 2.05) is 18.7 Å². The number of nitrogen functional groups attached to an aromatic ring is 1. The van der Waals surface area contributed by atoms with Gasteiger partial charge in [0.2, 0.25) is 11.9 Å². The first kappa shape index (κ1) is 14.7. The van der Waals surface area contributed by atoms with Gasteiger partial charge in [0.05, 0.1) is 12.3 Å². The van der Waals surface area contributed by atoms with Gasteiger partial charge >= 0.3 is 0 Å². The lowest BCUT2D eigenvalue weighted by atomic mass is 10.5. The van der Waals surface area contributed by atoms with Crippen LogP contribution in [0.4, 0.5) is 11.9 Å². The van der Waals surface area contributed by atoms with E-state index in [-0.39, 0.29) is 24.0 Å². The molecule has 0 radical (unpaired) electrons. The van der Waals surface area contributed by atoms with Gasteiger partial charge in [0.15, 0.2) is 9.84 Å². The minimum absolute atomic E-state index is 0.0365. The summed E-state index contributed by atoms with van der Waals surface area (Å²) in [6.07, 6.45) is 0. The summed E-state index contributed by atoms with van der Waals surface area (Å²) in [7, 11) is -3.01. The Hall–Kier alpha value is -1.31. The molecular weight excluding hydrogens is 254 g/mol. The lowest BCUT2D eigenvalue weighted by molar-refractivity contribution is 0.583. The Balaban J connectivity index is 2.79. The first-order valence-electron chi connectivity index (χ1n) is 6.09. The van der Waals surface area contributed by atoms with Crippen molar-refractivity contribution in [3.8, 4) is 0 Å². The van der Waals surface area contributed by atoms with E-state index in [9.17, 15) is 8.42 Å². The highest BCUT2D eigenvalue weighted by molar-refractivity contribution is 7.91. The summed E-state index contributed by atoms with van der Waals surface area (Å²) in [5.74, 6) is 0.966. The molecule has 0 atom stereocenters. The Morgan fingerprint density at radius 3 is 2.39 bits per heavy atom. The third-order valence-corrected chi connectivity index (χ3v) is 4.47. The maximum absolute atomic E-state index is 11.4. The first-order chi connectivity index (χ1) is 8.43. The fourth-order valence-corrected chi connectivity index (χ4v) is 2.26. The van der Waals surface area contributed by atoms with E-state index >= 15 is 0 Å². The number of nitrogens with two attached hydrogens (primary N) is 1. The number of hydrogen-bond acceptors (Lipinski definition) is 6. The summed E-state index contributed by atoms with van der Waals surface area (Å²) >= 11 is 0. The molecule has 2 N–H and O–H groups in total. The molecule has 0 aromatic carbocycles. The lowest BCUT2D eigenvalue weighted by Crippen LogP contribution is -2.23. The molecule has 18 heavy (non-hydrogen) atoms. The van der Waals surface area contributed by atoms with Gasteiger partial charge in [-0.1, -0.05) is 6.92 Å². The number of aromatic nitrogens is 3. The summed E-state index contributed by atoms with van der Waals surface area (Å²) in [6, 6.07) is 0. The van der Waals surface area contributed by atoms with Crippen LogP contribution in [0.3, 0.4) is 0 Å². The minimum atomic E-state index is -3.01. The summed E-state index contributed by atoms with van der Waals surface area (Å²) in [5, 5.41) is 4.23. The second kappa shape index (κ2) is 6.03. The van der Waals surface area contributed by atoms with Gasteiger partial charge in [0.1, 0.15) is 0 Å². The van der Waals surface area contributed by atoms with Crippen molar-refractivity contribution in [1.29, 1.82) is 0 Å². The third kappa shape index (κ3) is 3.59. The zero-order valence-electron chi connectivity index (χ0n) is 11.1. The van der Waals surface area contributed by atoms with Crippen molar-refractivity contribution >= 4 is 21.7 Å². The van der Waals surface area contributed by atoms with Crippen LogP contribution in [-0.4, -0.2) is 47.8 Å². The maximum Gasteiger partial charge on any atom is 0.246 e. The smallest absolute Gasteiger partial charge is 0.246 e. The zero-order chi connectivity index (χ0) is 13.8. The van der Waals surface area contributed by atoms with E-state index < -0.39 is 9.84 Å². The van der Waals surface area contributed by atoms with Crippen molar-refractivity contribution in [1.82, 2.24) is 14.8 Å². The summed E-state index contributed by atoms with van der Waals surface area (Å²) in [4.78, 5) is 6.10.